The van der Waals surface area contributed by atoms with E-state index in [0.717, 1.165) is 19.4 Å². The molecule has 0 bridgehead atoms. The van der Waals surface area contributed by atoms with Crippen molar-refractivity contribution in [3.05, 3.63) is 24.3 Å². The minimum atomic E-state index is 0.0829. The molecule has 0 radical (unpaired) electrons. The third kappa shape index (κ3) is 4.93. The van der Waals surface area contributed by atoms with Gasteiger partial charge in [-0.05, 0) is 37.8 Å². The van der Waals surface area contributed by atoms with Crippen LogP contribution in [0.2, 0.25) is 0 Å². The summed E-state index contributed by atoms with van der Waals surface area (Å²) in [6, 6.07) is 7.34. The highest BCUT2D eigenvalue weighted by molar-refractivity contribution is 5.76. The van der Waals surface area contributed by atoms with E-state index in [9.17, 15) is 4.79 Å². The molecule has 0 heterocycles. The quantitative estimate of drug-likeness (QED) is 0.567. The van der Waals surface area contributed by atoms with Crippen LogP contribution in [0.5, 0.6) is 5.75 Å². The van der Waals surface area contributed by atoms with Gasteiger partial charge in [-0.1, -0.05) is 12.1 Å². The third-order valence-corrected chi connectivity index (χ3v) is 3.67. The van der Waals surface area contributed by atoms with E-state index in [1.165, 1.54) is 0 Å². The Balaban J connectivity index is 1.55. The normalized spacial score (nSPS) is 20.6. The fourth-order valence-corrected chi connectivity index (χ4v) is 2.51. The molecule has 1 fully saturated rings. The molecule has 0 atom stereocenters. The second kappa shape index (κ2) is 7.88. The number of carbonyl (C=O) groups is 1. The number of carbonyl (C=O) groups excluding carboxylic acids is 1. The van der Waals surface area contributed by atoms with Gasteiger partial charge in [0.15, 0.2) is 0 Å². The Morgan fingerprint density at radius 2 is 2.14 bits per heavy atom. The molecule has 1 aliphatic carbocycles. The molecule has 1 aromatic carbocycles. The first-order valence-electron chi connectivity index (χ1n) is 7.54. The number of hydrogen-bond acceptors (Lipinski definition) is 4. The lowest BCUT2D eigenvalue weighted by Gasteiger charge is -2.34. The number of ether oxygens (including phenoxy) is 2. The zero-order valence-corrected chi connectivity index (χ0v) is 12.5. The highest BCUT2D eigenvalue weighted by Crippen LogP contribution is 2.32. The van der Waals surface area contributed by atoms with Crippen LogP contribution in [0, 0.1) is 5.92 Å². The molecule has 0 unspecified atom stereocenters. The first kappa shape index (κ1) is 15.6. The minimum absolute atomic E-state index is 0.0829. The number of amides is 1. The van der Waals surface area contributed by atoms with Crippen LogP contribution < -0.4 is 15.8 Å². The summed E-state index contributed by atoms with van der Waals surface area (Å²) in [5.41, 5.74) is 6.38. The van der Waals surface area contributed by atoms with E-state index in [-0.39, 0.29) is 5.91 Å². The average molecular weight is 292 g/mol. The number of benzene rings is 1. The first-order chi connectivity index (χ1) is 10.2. The van der Waals surface area contributed by atoms with Crippen LogP contribution >= 0.6 is 0 Å². The molecule has 0 spiro atoms. The minimum Gasteiger partial charge on any atom is -0.490 e. The summed E-state index contributed by atoms with van der Waals surface area (Å²) in [6.07, 6.45) is 2.94. The molecule has 1 saturated carbocycles. The number of nitrogen functional groups attached to an aromatic ring is 1. The molecule has 5 nitrogen and oxygen atoms in total. The molecule has 5 heteroatoms. The summed E-state index contributed by atoms with van der Waals surface area (Å²) in [5, 5.41) is 2.87. The van der Waals surface area contributed by atoms with Crippen LogP contribution in [0.4, 0.5) is 5.69 Å². The zero-order chi connectivity index (χ0) is 15.1. The molecule has 116 valence electrons. The molecule has 0 aromatic heterocycles. The lowest BCUT2D eigenvalue weighted by molar-refractivity contribution is -0.124. The van der Waals surface area contributed by atoms with Gasteiger partial charge in [-0.25, -0.2) is 0 Å². The summed E-state index contributed by atoms with van der Waals surface area (Å²) in [4.78, 5) is 11.8. The van der Waals surface area contributed by atoms with Crippen molar-refractivity contribution in [2.45, 2.75) is 32.3 Å². The second-order valence-corrected chi connectivity index (χ2v) is 5.36. The second-order valence-electron chi connectivity index (χ2n) is 5.36. The Labute approximate surface area is 125 Å². The van der Waals surface area contributed by atoms with Crippen molar-refractivity contribution in [1.82, 2.24) is 5.32 Å². The van der Waals surface area contributed by atoms with Crippen molar-refractivity contribution in [1.29, 1.82) is 0 Å². The monoisotopic (exact) mass is 292 g/mol. The average Bonchev–Trinajstić information content (AvgIpc) is 2.43. The van der Waals surface area contributed by atoms with E-state index in [4.69, 9.17) is 15.2 Å². The number of nitrogens with two attached hydrogens (primary N) is 1. The molecular weight excluding hydrogens is 268 g/mol. The van der Waals surface area contributed by atoms with Crippen molar-refractivity contribution < 1.29 is 14.3 Å². The van der Waals surface area contributed by atoms with Gasteiger partial charge in [0.2, 0.25) is 5.91 Å². The van der Waals surface area contributed by atoms with Gasteiger partial charge in [0.25, 0.3) is 0 Å². The lowest BCUT2D eigenvalue weighted by atomic mass is 9.80. The summed E-state index contributed by atoms with van der Waals surface area (Å²) in [5.74, 6) is 1.21. The number of hydrogen-bond donors (Lipinski definition) is 2. The van der Waals surface area contributed by atoms with Gasteiger partial charge < -0.3 is 20.5 Å². The van der Waals surface area contributed by atoms with Crippen LogP contribution in [0.1, 0.15) is 26.2 Å². The molecule has 2 rings (SSSR count). The van der Waals surface area contributed by atoms with Crippen molar-refractivity contribution in [2.75, 3.05) is 25.5 Å². The SMILES string of the molecule is CCOC1CC(CC(=O)NCCOc2ccccc2N)C1. The van der Waals surface area contributed by atoms with Crippen molar-refractivity contribution in [3.63, 3.8) is 0 Å². The largest absolute Gasteiger partial charge is 0.490 e. The van der Waals surface area contributed by atoms with Crippen LogP contribution in [-0.4, -0.2) is 31.8 Å². The molecule has 3 N–H and O–H groups in total. The van der Waals surface area contributed by atoms with E-state index in [1.807, 2.05) is 25.1 Å². The molecule has 21 heavy (non-hydrogen) atoms. The topological polar surface area (TPSA) is 73.6 Å². The Bertz CT molecular complexity index is 459. The smallest absolute Gasteiger partial charge is 0.220 e. The molecular formula is C16H24N2O3. The maximum absolute atomic E-state index is 11.8. The maximum atomic E-state index is 11.8. The first-order valence-corrected chi connectivity index (χ1v) is 7.54. The van der Waals surface area contributed by atoms with E-state index >= 15 is 0 Å². The predicted molar refractivity (Wildman–Crippen MR) is 82.1 cm³/mol. The van der Waals surface area contributed by atoms with Gasteiger partial charge in [0.1, 0.15) is 12.4 Å². The Morgan fingerprint density at radius 3 is 2.86 bits per heavy atom. The van der Waals surface area contributed by atoms with E-state index in [0.29, 0.717) is 43.0 Å². The summed E-state index contributed by atoms with van der Waals surface area (Å²) in [7, 11) is 0. The van der Waals surface area contributed by atoms with Crippen LogP contribution in [-0.2, 0) is 9.53 Å². The van der Waals surface area contributed by atoms with Gasteiger partial charge in [0.05, 0.1) is 18.3 Å². The van der Waals surface area contributed by atoms with Crippen molar-refractivity contribution >= 4 is 11.6 Å². The molecule has 0 saturated heterocycles. The Morgan fingerprint density at radius 1 is 1.38 bits per heavy atom. The maximum Gasteiger partial charge on any atom is 0.220 e. The zero-order valence-electron chi connectivity index (χ0n) is 12.5. The molecule has 0 aliphatic heterocycles. The van der Waals surface area contributed by atoms with Crippen LogP contribution in [0.25, 0.3) is 0 Å². The van der Waals surface area contributed by atoms with E-state index in [1.54, 1.807) is 6.07 Å². The number of rotatable bonds is 8. The number of anilines is 1. The predicted octanol–water partition coefficient (Wildman–Crippen LogP) is 1.97. The highest BCUT2D eigenvalue weighted by atomic mass is 16.5. The molecule has 1 amide bonds. The lowest BCUT2D eigenvalue weighted by Crippen LogP contribution is -2.36. The Kier molecular flexibility index (Phi) is 5.87. The van der Waals surface area contributed by atoms with Gasteiger partial charge >= 0.3 is 0 Å². The summed E-state index contributed by atoms with van der Waals surface area (Å²) < 4.78 is 11.0. The van der Waals surface area contributed by atoms with Gasteiger partial charge in [-0.2, -0.15) is 0 Å². The van der Waals surface area contributed by atoms with Gasteiger partial charge in [-0.15, -0.1) is 0 Å². The fourth-order valence-electron chi connectivity index (χ4n) is 2.51. The standard InChI is InChI=1S/C16H24N2O3/c1-2-20-13-9-12(10-13)11-16(19)18-7-8-21-15-6-4-3-5-14(15)17/h3-6,12-13H,2,7-11,17H2,1H3,(H,18,19). The number of nitrogens with one attached hydrogen (secondary N) is 1. The van der Waals surface area contributed by atoms with Crippen molar-refractivity contribution in [3.8, 4) is 5.75 Å². The fraction of sp³-hybridized carbons (Fsp3) is 0.562. The molecule has 1 aliphatic rings. The van der Waals surface area contributed by atoms with Crippen LogP contribution in [0.3, 0.4) is 0 Å². The van der Waals surface area contributed by atoms with Gasteiger partial charge in [0, 0.05) is 13.0 Å². The van der Waals surface area contributed by atoms with Crippen molar-refractivity contribution in [2.24, 2.45) is 5.92 Å². The third-order valence-electron chi connectivity index (χ3n) is 3.67. The number of para-hydroxylation sites is 2. The highest BCUT2D eigenvalue weighted by Gasteiger charge is 2.30. The summed E-state index contributed by atoms with van der Waals surface area (Å²) >= 11 is 0. The molecule has 1 aromatic rings. The van der Waals surface area contributed by atoms with Crippen LogP contribution in [0.15, 0.2) is 24.3 Å². The summed E-state index contributed by atoms with van der Waals surface area (Å²) in [6.45, 7) is 3.67. The van der Waals surface area contributed by atoms with E-state index < -0.39 is 0 Å². The Hall–Kier alpha value is -1.75. The van der Waals surface area contributed by atoms with E-state index in [2.05, 4.69) is 5.32 Å². The van der Waals surface area contributed by atoms with Gasteiger partial charge in [-0.3, -0.25) is 4.79 Å².